The van der Waals surface area contributed by atoms with Crippen molar-refractivity contribution in [1.29, 1.82) is 0 Å². The molecule has 6 nitrogen and oxygen atoms in total. The zero-order valence-electron chi connectivity index (χ0n) is 10.8. The molecule has 21 heavy (non-hydrogen) atoms. The van der Waals surface area contributed by atoms with Gasteiger partial charge in [0, 0.05) is 11.6 Å². The second kappa shape index (κ2) is 4.17. The molecule has 0 bridgehead atoms. The summed E-state index contributed by atoms with van der Waals surface area (Å²) in [5.74, 6) is -0.724. The van der Waals surface area contributed by atoms with Crippen molar-refractivity contribution < 1.29 is 9.90 Å². The number of carboxylic acids is 1. The minimum absolute atomic E-state index is 0.0967. The predicted molar refractivity (Wildman–Crippen MR) is 76.8 cm³/mol. The minimum Gasteiger partial charge on any atom is -0.476 e. The van der Waals surface area contributed by atoms with E-state index in [0.717, 1.165) is 10.9 Å². The first-order valence-electron chi connectivity index (χ1n) is 6.39. The molecular formula is C15H10N4O2. The Labute approximate surface area is 118 Å². The van der Waals surface area contributed by atoms with E-state index in [-0.39, 0.29) is 5.69 Å². The van der Waals surface area contributed by atoms with Crippen LogP contribution in [0.25, 0.3) is 22.4 Å². The third-order valence-electron chi connectivity index (χ3n) is 3.39. The van der Waals surface area contributed by atoms with Crippen molar-refractivity contribution in [2.24, 2.45) is 0 Å². The van der Waals surface area contributed by atoms with Gasteiger partial charge in [0.2, 0.25) is 0 Å². The summed E-state index contributed by atoms with van der Waals surface area (Å²) in [6, 6.07) is 13.0. The maximum absolute atomic E-state index is 11.6. The average Bonchev–Trinajstić information content (AvgIpc) is 3.08. The molecule has 4 aromatic rings. The lowest BCUT2D eigenvalue weighted by molar-refractivity contribution is 0.0689. The monoisotopic (exact) mass is 278 g/mol. The number of aromatic nitrogens is 4. The predicted octanol–water partition coefficient (Wildman–Crippen LogP) is 2.37. The van der Waals surface area contributed by atoms with E-state index in [1.54, 1.807) is 33.6 Å². The molecule has 0 saturated heterocycles. The van der Waals surface area contributed by atoms with Crippen molar-refractivity contribution in [2.75, 3.05) is 0 Å². The van der Waals surface area contributed by atoms with Gasteiger partial charge in [-0.25, -0.2) is 14.5 Å². The number of aromatic carboxylic acids is 1. The Balaban J connectivity index is 2.10. The number of benzene rings is 1. The molecule has 0 atom stereocenters. The summed E-state index contributed by atoms with van der Waals surface area (Å²) in [6.45, 7) is 0. The number of hydrogen-bond acceptors (Lipinski definition) is 3. The Morgan fingerprint density at radius 3 is 2.76 bits per heavy atom. The van der Waals surface area contributed by atoms with Crippen LogP contribution in [0.2, 0.25) is 0 Å². The van der Waals surface area contributed by atoms with Crippen molar-refractivity contribution in [3.8, 4) is 5.82 Å². The summed E-state index contributed by atoms with van der Waals surface area (Å²) in [5.41, 5.74) is 1.49. The van der Waals surface area contributed by atoms with Gasteiger partial charge < -0.3 is 5.11 Å². The van der Waals surface area contributed by atoms with Crippen LogP contribution in [-0.2, 0) is 0 Å². The van der Waals surface area contributed by atoms with Gasteiger partial charge in [-0.15, -0.1) is 0 Å². The molecule has 0 spiro atoms. The standard InChI is InChI=1S/C15H10N4O2/c20-15(21)13-14(17-12-7-3-4-8-18(12)13)19-11-6-2-1-5-10(11)9-16-19/h1-9H,(H,20,21). The van der Waals surface area contributed by atoms with Crippen LogP contribution in [0.1, 0.15) is 10.5 Å². The van der Waals surface area contributed by atoms with Crippen molar-refractivity contribution >= 4 is 22.5 Å². The number of fused-ring (bicyclic) bond motifs is 2. The Bertz CT molecular complexity index is 984. The van der Waals surface area contributed by atoms with Gasteiger partial charge in [-0.05, 0) is 18.2 Å². The number of para-hydroxylation sites is 1. The number of pyridine rings is 1. The maximum Gasteiger partial charge on any atom is 0.356 e. The number of carboxylic acid groups (broad SMARTS) is 1. The van der Waals surface area contributed by atoms with E-state index in [4.69, 9.17) is 0 Å². The van der Waals surface area contributed by atoms with Gasteiger partial charge in [-0.2, -0.15) is 5.10 Å². The summed E-state index contributed by atoms with van der Waals surface area (Å²) in [6.07, 6.45) is 3.38. The van der Waals surface area contributed by atoms with Crippen molar-refractivity contribution in [3.63, 3.8) is 0 Å². The fourth-order valence-corrected chi connectivity index (χ4v) is 2.47. The molecular weight excluding hydrogens is 268 g/mol. The van der Waals surface area contributed by atoms with Gasteiger partial charge in [-0.1, -0.05) is 24.3 Å². The van der Waals surface area contributed by atoms with E-state index in [1.165, 1.54) is 0 Å². The molecule has 0 aliphatic heterocycles. The van der Waals surface area contributed by atoms with E-state index in [0.29, 0.717) is 11.5 Å². The lowest BCUT2D eigenvalue weighted by Gasteiger charge is -2.01. The zero-order chi connectivity index (χ0) is 14.4. The molecule has 0 radical (unpaired) electrons. The largest absolute Gasteiger partial charge is 0.476 e. The van der Waals surface area contributed by atoms with Crippen LogP contribution in [0.15, 0.2) is 54.9 Å². The second-order valence-electron chi connectivity index (χ2n) is 4.63. The molecule has 0 unspecified atom stereocenters. The number of carbonyl (C=O) groups is 1. The Morgan fingerprint density at radius 2 is 1.90 bits per heavy atom. The highest BCUT2D eigenvalue weighted by Crippen LogP contribution is 2.21. The Hall–Kier alpha value is -3.15. The summed E-state index contributed by atoms with van der Waals surface area (Å²) in [5, 5.41) is 14.7. The van der Waals surface area contributed by atoms with Gasteiger partial charge in [0.05, 0.1) is 11.7 Å². The van der Waals surface area contributed by atoms with Crippen LogP contribution >= 0.6 is 0 Å². The fraction of sp³-hybridized carbons (Fsp3) is 0. The Kier molecular flexibility index (Phi) is 2.32. The molecule has 3 aromatic heterocycles. The van der Waals surface area contributed by atoms with Crippen LogP contribution in [0.3, 0.4) is 0 Å². The molecule has 3 heterocycles. The molecule has 4 rings (SSSR count). The lowest BCUT2D eigenvalue weighted by atomic mass is 10.2. The quantitative estimate of drug-likeness (QED) is 0.611. The number of hydrogen-bond donors (Lipinski definition) is 1. The first kappa shape index (κ1) is 11.7. The van der Waals surface area contributed by atoms with Crippen LogP contribution in [-0.4, -0.2) is 30.2 Å². The van der Waals surface area contributed by atoms with Gasteiger partial charge in [0.25, 0.3) is 0 Å². The third-order valence-corrected chi connectivity index (χ3v) is 3.39. The summed E-state index contributed by atoms with van der Waals surface area (Å²) < 4.78 is 3.11. The molecule has 6 heteroatoms. The number of imidazole rings is 1. The number of rotatable bonds is 2. The molecule has 1 N–H and O–H groups in total. The second-order valence-corrected chi connectivity index (χ2v) is 4.63. The first-order chi connectivity index (χ1) is 10.3. The average molecular weight is 278 g/mol. The highest BCUT2D eigenvalue weighted by Gasteiger charge is 2.21. The normalized spacial score (nSPS) is 11.2. The molecule has 1 aromatic carbocycles. The molecule has 0 aliphatic rings. The maximum atomic E-state index is 11.6. The van der Waals surface area contributed by atoms with Gasteiger partial charge >= 0.3 is 5.97 Å². The van der Waals surface area contributed by atoms with Gasteiger partial charge in [0.15, 0.2) is 11.5 Å². The van der Waals surface area contributed by atoms with Gasteiger partial charge in [0.1, 0.15) is 5.65 Å². The van der Waals surface area contributed by atoms with Gasteiger partial charge in [-0.3, -0.25) is 4.40 Å². The third kappa shape index (κ3) is 1.62. The highest BCUT2D eigenvalue weighted by molar-refractivity contribution is 5.92. The van der Waals surface area contributed by atoms with Crippen molar-refractivity contribution in [3.05, 3.63) is 60.6 Å². The van der Waals surface area contributed by atoms with E-state index in [1.807, 2.05) is 30.3 Å². The van der Waals surface area contributed by atoms with Crippen LogP contribution in [0, 0.1) is 0 Å². The summed E-state index contributed by atoms with van der Waals surface area (Å²) >= 11 is 0. The van der Waals surface area contributed by atoms with E-state index < -0.39 is 5.97 Å². The fourth-order valence-electron chi connectivity index (χ4n) is 2.47. The highest BCUT2D eigenvalue weighted by atomic mass is 16.4. The Morgan fingerprint density at radius 1 is 1.10 bits per heavy atom. The van der Waals surface area contributed by atoms with E-state index in [9.17, 15) is 9.90 Å². The molecule has 102 valence electrons. The van der Waals surface area contributed by atoms with Crippen LogP contribution < -0.4 is 0 Å². The van der Waals surface area contributed by atoms with Crippen LogP contribution in [0.4, 0.5) is 0 Å². The van der Waals surface area contributed by atoms with Crippen LogP contribution in [0.5, 0.6) is 0 Å². The molecule has 0 amide bonds. The molecule has 0 saturated carbocycles. The first-order valence-corrected chi connectivity index (χ1v) is 6.39. The number of nitrogens with zero attached hydrogens (tertiary/aromatic N) is 4. The summed E-state index contributed by atoms with van der Waals surface area (Å²) in [4.78, 5) is 16.0. The topological polar surface area (TPSA) is 72.4 Å². The molecule has 0 aliphatic carbocycles. The van der Waals surface area contributed by atoms with Crippen molar-refractivity contribution in [1.82, 2.24) is 19.2 Å². The van der Waals surface area contributed by atoms with E-state index in [2.05, 4.69) is 10.1 Å². The molecule has 0 fully saturated rings. The lowest BCUT2D eigenvalue weighted by Crippen LogP contribution is -2.08. The smallest absolute Gasteiger partial charge is 0.356 e. The minimum atomic E-state index is -1.04. The zero-order valence-corrected chi connectivity index (χ0v) is 10.8. The SMILES string of the molecule is O=C(O)c1c(-n2ncc3ccccc32)nc2ccccn12. The summed E-state index contributed by atoms with van der Waals surface area (Å²) in [7, 11) is 0. The van der Waals surface area contributed by atoms with E-state index >= 15 is 0 Å². The van der Waals surface area contributed by atoms with Crippen molar-refractivity contribution in [2.45, 2.75) is 0 Å².